The number of rotatable bonds is 4. The Balaban J connectivity index is 0.000000194. The number of fused-ring (bicyclic) bond motifs is 4. The summed E-state index contributed by atoms with van der Waals surface area (Å²) < 4.78 is 18.5. The molecule has 2 N–H and O–H groups in total. The van der Waals surface area contributed by atoms with Crippen LogP contribution in [-0.4, -0.2) is 51.2 Å². The van der Waals surface area contributed by atoms with E-state index in [2.05, 4.69) is 106 Å². The number of anilines is 4. The molecule has 4 aromatic carbocycles. The predicted octanol–water partition coefficient (Wildman–Crippen LogP) is 13.5. The van der Waals surface area contributed by atoms with Gasteiger partial charge in [0.2, 0.25) is 0 Å². The molecule has 5 aliphatic heterocycles. The Morgan fingerprint density at radius 3 is 2.08 bits per heavy atom. The molecular formula is C53H58N6O4. The SMILES string of the molecule is CC(C)(C)OC(=O)N1CCC[C@H]1c1ncc(-c2cc3c4c(c2)Oc2cc(-c5ccc(C6CCCC6)[nH]5)ccc2N4CCC3)[nH]1.Cc1ccc2c(c1)Oc1cc(C)cc3c1N2CCC3. The Morgan fingerprint density at radius 2 is 1.33 bits per heavy atom. The first-order chi connectivity index (χ1) is 30.5. The zero-order valence-electron chi connectivity index (χ0n) is 37.3. The molecule has 63 heavy (non-hydrogen) atoms. The van der Waals surface area contributed by atoms with Crippen LogP contribution in [0.25, 0.3) is 22.5 Å². The Hall–Kier alpha value is -6.16. The standard InChI is InChI=1S/C36H41N5O3.C17H17NO/c1-36(2,3)44-35(42)41-17-7-11-30(41)34-37-21-28(39-34)25-18-24-10-6-16-40-29-15-12-23(19-31(29)43-32(20-25)33(24)40)27-14-13-26(38-27)22-8-4-5-9-22;1-11-5-6-14-15(9-11)19-16-10-12(2)8-13-4-3-7-18(14)17(13)16/h12-15,18-22,30,38H,4-11,16-17H2,1-3H3,(H,37,39);5-6,8-10H,3-4,7H2,1-2H3/t30-;/m0./s1. The van der Waals surface area contributed by atoms with Gasteiger partial charge in [-0.2, -0.15) is 0 Å². The van der Waals surface area contributed by atoms with Gasteiger partial charge in [0.15, 0.2) is 23.0 Å². The number of nitrogens with one attached hydrogen (secondary N) is 2. The van der Waals surface area contributed by atoms with Crippen molar-refractivity contribution in [3.05, 3.63) is 113 Å². The Labute approximate surface area is 370 Å². The van der Waals surface area contributed by atoms with E-state index in [1.165, 1.54) is 77.1 Å². The number of hydrogen-bond donors (Lipinski definition) is 2. The van der Waals surface area contributed by atoms with Crippen molar-refractivity contribution in [2.75, 3.05) is 29.4 Å². The number of ether oxygens (including phenoxy) is 3. The third-order valence-corrected chi connectivity index (χ3v) is 13.7. The second kappa shape index (κ2) is 15.6. The number of aromatic nitrogens is 3. The average Bonchev–Trinajstić information content (AvgIpc) is 4.11. The molecule has 1 saturated heterocycles. The van der Waals surface area contributed by atoms with Crippen molar-refractivity contribution in [1.29, 1.82) is 0 Å². The number of H-pyrrole nitrogens is 2. The maximum absolute atomic E-state index is 12.9. The zero-order valence-corrected chi connectivity index (χ0v) is 37.3. The van der Waals surface area contributed by atoms with Crippen molar-refractivity contribution in [1.82, 2.24) is 19.9 Å². The van der Waals surface area contributed by atoms with E-state index in [0.29, 0.717) is 12.5 Å². The van der Waals surface area contributed by atoms with Crippen LogP contribution in [0.15, 0.2) is 79.0 Å². The van der Waals surface area contributed by atoms with Crippen LogP contribution in [0.5, 0.6) is 23.0 Å². The summed E-state index contributed by atoms with van der Waals surface area (Å²) >= 11 is 0. The molecule has 7 heterocycles. The van der Waals surface area contributed by atoms with Crippen LogP contribution in [0.1, 0.15) is 118 Å². The highest BCUT2D eigenvalue weighted by Gasteiger charge is 2.36. The predicted molar refractivity (Wildman–Crippen MR) is 250 cm³/mol. The molecule has 10 nitrogen and oxygen atoms in total. The molecule has 6 aliphatic rings. The van der Waals surface area contributed by atoms with E-state index >= 15 is 0 Å². The van der Waals surface area contributed by atoms with E-state index < -0.39 is 5.60 Å². The van der Waals surface area contributed by atoms with Gasteiger partial charge in [-0.05, 0) is 169 Å². The minimum Gasteiger partial charge on any atom is -0.453 e. The molecule has 6 aromatic rings. The van der Waals surface area contributed by atoms with E-state index in [0.717, 1.165) is 102 Å². The first kappa shape index (κ1) is 39.7. The Kier molecular flexibility index (Phi) is 9.81. The number of nitrogens with zero attached hydrogens (tertiary/aromatic N) is 4. The lowest BCUT2D eigenvalue weighted by molar-refractivity contribution is 0.0218. The number of imidazole rings is 1. The maximum Gasteiger partial charge on any atom is 0.410 e. The van der Waals surface area contributed by atoms with Crippen LogP contribution in [0.4, 0.5) is 27.5 Å². The third kappa shape index (κ3) is 7.41. The largest absolute Gasteiger partial charge is 0.453 e. The number of hydrogen-bond acceptors (Lipinski definition) is 7. The van der Waals surface area contributed by atoms with Gasteiger partial charge in [0.25, 0.3) is 0 Å². The molecule has 0 radical (unpaired) electrons. The summed E-state index contributed by atoms with van der Waals surface area (Å²) in [4.78, 5) is 31.6. The molecule has 0 spiro atoms. The molecule has 2 fully saturated rings. The summed E-state index contributed by atoms with van der Waals surface area (Å²) in [6.07, 6.45) is 13.1. The van der Waals surface area contributed by atoms with Gasteiger partial charge in [0.1, 0.15) is 11.4 Å². The highest BCUT2D eigenvalue weighted by molar-refractivity contribution is 5.86. The molecule has 12 rings (SSSR count). The van der Waals surface area contributed by atoms with Crippen LogP contribution in [-0.2, 0) is 17.6 Å². The van der Waals surface area contributed by atoms with Crippen LogP contribution in [0.2, 0.25) is 0 Å². The maximum atomic E-state index is 12.9. The first-order valence-corrected chi connectivity index (χ1v) is 23.2. The number of aromatic amines is 2. The van der Waals surface area contributed by atoms with E-state index in [4.69, 9.17) is 19.2 Å². The molecule has 1 atom stereocenters. The first-order valence-electron chi connectivity index (χ1n) is 23.2. The van der Waals surface area contributed by atoms with Gasteiger partial charge in [-0.1, -0.05) is 31.0 Å². The molecule has 0 unspecified atom stereocenters. The van der Waals surface area contributed by atoms with Crippen molar-refractivity contribution in [3.63, 3.8) is 0 Å². The van der Waals surface area contributed by atoms with E-state index in [1.807, 2.05) is 27.0 Å². The van der Waals surface area contributed by atoms with E-state index in [9.17, 15) is 4.79 Å². The lowest BCUT2D eigenvalue weighted by atomic mass is 9.95. The van der Waals surface area contributed by atoms with Crippen LogP contribution in [0.3, 0.4) is 0 Å². The van der Waals surface area contributed by atoms with Crippen molar-refractivity contribution < 1.29 is 19.0 Å². The number of amides is 1. The normalized spacial score (nSPS) is 18.4. The fourth-order valence-corrected chi connectivity index (χ4v) is 10.8. The Bertz CT molecular complexity index is 2740. The zero-order chi connectivity index (χ0) is 43.0. The van der Waals surface area contributed by atoms with Gasteiger partial charge in [-0.3, -0.25) is 4.90 Å². The minimum atomic E-state index is -0.532. The molecule has 1 saturated carbocycles. The molecule has 324 valence electrons. The summed E-state index contributed by atoms with van der Waals surface area (Å²) in [5, 5.41) is 0. The fourth-order valence-electron chi connectivity index (χ4n) is 10.8. The molecular weight excluding hydrogens is 785 g/mol. The van der Waals surface area contributed by atoms with Gasteiger partial charge in [-0.25, -0.2) is 9.78 Å². The summed E-state index contributed by atoms with van der Waals surface area (Å²) in [6, 6.07) is 26.3. The highest BCUT2D eigenvalue weighted by Crippen LogP contribution is 2.53. The van der Waals surface area contributed by atoms with Crippen molar-refractivity contribution in [2.45, 2.75) is 116 Å². The molecule has 0 bridgehead atoms. The second-order valence-corrected chi connectivity index (χ2v) is 19.4. The van der Waals surface area contributed by atoms with Crippen molar-refractivity contribution in [2.24, 2.45) is 0 Å². The fraction of sp³-hybridized carbons (Fsp3) is 0.396. The van der Waals surface area contributed by atoms with Gasteiger partial charge in [0, 0.05) is 42.1 Å². The summed E-state index contributed by atoms with van der Waals surface area (Å²) in [5.41, 5.74) is 15.1. The van der Waals surface area contributed by atoms with Gasteiger partial charge in [-0.15, -0.1) is 0 Å². The number of carbonyl (C=O) groups is 1. The third-order valence-electron chi connectivity index (χ3n) is 13.7. The van der Waals surface area contributed by atoms with Crippen LogP contribution in [0, 0.1) is 13.8 Å². The molecule has 1 amide bonds. The molecule has 1 aliphatic carbocycles. The van der Waals surface area contributed by atoms with Gasteiger partial charge in [0.05, 0.1) is 40.7 Å². The van der Waals surface area contributed by atoms with Gasteiger partial charge >= 0.3 is 6.09 Å². The van der Waals surface area contributed by atoms with Crippen molar-refractivity contribution >= 4 is 28.8 Å². The smallest absolute Gasteiger partial charge is 0.410 e. The number of aryl methyl sites for hydroxylation is 4. The minimum absolute atomic E-state index is 0.117. The summed E-state index contributed by atoms with van der Waals surface area (Å²) in [5.74, 6) is 5.24. The highest BCUT2D eigenvalue weighted by atomic mass is 16.6. The monoisotopic (exact) mass is 842 g/mol. The van der Waals surface area contributed by atoms with Gasteiger partial charge < -0.3 is 34.0 Å². The summed E-state index contributed by atoms with van der Waals surface area (Å²) in [7, 11) is 0. The average molecular weight is 843 g/mol. The lowest BCUT2D eigenvalue weighted by Crippen LogP contribution is -2.36. The number of likely N-dealkylation sites (tertiary alicyclic amines) is 1. The molecule has 2 aromatic heterocycles. The van der Waals surface area contributed by atoms with E-state index in [-0.39, 0.29) is 12.1 Å². The van der Waals surface area contributed by atoms with Crippen LogP contribution >= 0.6 is 0 Å². The summed E-state index contributed by atoms with van der Waals surface area (Å²) in [6.45, 7) is 12.7. The molecule has 10 heteroatoms. The topological polar surface area (TPSA) is 98.9 Å². The van der Waals surface area contributed by atoms with E-state index in [1.54, 1.807) is 4.90 Å². The quantitative estimate of drug-likeness (QED) is 0.182. The lowest BCUT2D eigenvalue weighted by Gasteiger charge is -2.37. The Morgan fingerprint density at radius 1 is 0.667 bits per heavy atom. The van der Waals surface area contributed by atoms with Crippen molar-refractivity contribution in [3.8, 4) is 45.5 Å². The number of carbonyl (C=O) groups excluding carboxylic acids is 1. The number of benzene rings is 4. The second-order valence-electron chi connectivity index (χ2n) is 19.4. The van der Waals surface area contributed by atoms with Crippen LogP contribution < -0.4 is 19.3 Å².